The molecule has 0 saturated carbocycles. The SMILES string of the molecule is Cc1ccc(-c2ccc(N(C)c3ccc(OC(C)C)cc3)cc2)cc1. The van der Waals surface area contributed by atoms with E-state index in [1.54, 1.807) is 0 Å². The minimum atomic E-state index is 0.192. The van der Waals surface area contributed by atoms with E-state index < -0.39 is 0 Å². The standard InChI is InChI=1S/C23H25NO/c1-17(2)25-23-15-13-22(14-16-23)24(4)21-11-9-20(10-12-21)19-7-5-18(3)6-8-19/h5-17H,1-4H3. The van der Waals surface area contributed by atoms with E-state index in [4.69, 9.17) is 4.74 Å². The van der Waals surface area contributed by atoms with Crippen molar-refractivity contribution >= 4 is 11.4 Å². The highest BCUT2D eigenvalue weighted by Crippen LogP contribution is 2.28. The normalized spacial score (nSPS) is 10.8. The molecular formula is C23H25NO. The van der Waals surface area contributed by atoms with Gasteiger partial charge in [-0.25, -0.2) is 0 Å². The molecule has 0 aliphatic carbocycles. The average Bonchev–Trinajstić information content (AvgIpc) is 2.62. The molecule has 0 N–H and O–H groups in total. The van der Waals surface area contributed by atoms with Crippen molar-refractivity contribution in [1.82, 2.24) is 0 Å². The summed E-state index contributed by atoms with van der Waals surface area (Å²) in [5.41, 5.74) is 6.06. The Bertz CT molecular complexity index is 802. The van der Waals surface area contributed by atoms with Gasteiger partial charge in [0, 0.05) is 18.4 Å². The van der Waals surface area contributed by atoms with Gasteiger partial charge in [-0.05, 0) is 68.3 Å². The minimum absolute atomic E-state index is 0.192. The fourth-order valence-electron chi connectivity index (χ4n) is 2.79. The molecule has 2 nitrogen and oxygen atoms in total. The summed E-state index contributed by atoms with van der Waals surface area (Å²) >= 11 is 0. The molecule has 3 aromatic rings. The third-order valence-corrected chi connectivity index (χ3v) is 4.24. The van der Waals surface area contributed by atoms with Crippen molar-refractivity contribution in [2.45, 2.75) is 26.9 Å². The van der Waals surface area contributed by atoms with Crippen molar-refractivity contribution in [1.29, 1.82) is 0 Å². The summed E-state index contributed by atoms with van der Waals surface area (Å²) in [6, 6.07) is 25.5. The van der Waals surface area contributed by atoms with Crippen LogP contribution in [0.5, 0.6) is 5.75 Å². The predicted octanol–water partition coefficient (Wildman–Crippen LogP) is 6.22. The van der Waals surface area contributed by atoms with Crippen LogP contribution in [0, 0.1) is 6.92 Å². The molecule has 3 rings (SSSR count). The minimum Gasteiger partial charge on any atom is -0.491 e. The Morgan fingerprint density at radius 3 is 1.60 bits per heavy atom. The molecule has 25 heavy (non-hydrogen) atoms. The molecule has 0 bridgehead atoms. The first-order valence-electron chi connectivity index (χ1n) is 8.70. The Hall–Kier alpha value is -2.74. The molecule has 0 radical (unpaired) electrons. The molecule has 0 aromatic heterocycles. The van der Waals surface area contributed by atoms with Crippen molar-refractivity contribution in [2.75, 3.05) is 11.9 Å². The molecule has 2 heteroatoms. The van der Waals surface area contributed by atoms with Gasteiger partial charge in [-0.15, -0.1) is 0 Å². The lowest BCUT2D eigenvalue weighted by molar-refractivity contribution is 0.242. The van der Waals surface area contributed by atoms with Crippen molar-refractivity contribution in [3.05, 3.63) is 78.4 Å². The van der Waals surface area contributed by atoms with Crippen molar-refractivity contribution in [2.24, 2.45) is 0 Å². The Morgan fingerprint density at radius 1 is 0.680 bits per heavy atom. The zero-order valence-corrected chi connectivity index (χ0v) is 15.4. The van der Waals surface area contributed by atoms with Crippen molar-refractivity contribution in [3.63, 3.8) is 0 Å². The van der Waals surface area contributed by atoms with E-state index in [-0.39, 0.29) is 6.10 Å². The molecule has 128 valence electrons. The number of hydrogen-bond donors (Lipinski definition) is 0. The topological polar surface area (TPSA) is 12.5 Å². The van der Waals surface area contributed by atoms with E-state index >= 15 is 0 Å². The van der Waals surface area contributed by atoms with Crippen LogP contribution >= 0.6 is 0 Å². The van der Waals surface area contributed by atoms with E-state index in [0.29, 0.717) is 0 Å². The summed E-state index contributed by atoms with van der Waals surface area (Å²) in [5, 5.41) is 0. The highest BCUT2D eigenvalue weighted by molar-refractivity contribution is 5.69. The molecule has 0 atom stereocenters. The van der Waals surface area contributed by atoms with E-state index in [1.165, 1.54) is 16.7 Å². The smallest absolute Gasteiger partial charge is 0.119 e. The second-order valence-corrected chi connectivity index (χ2v) is 6.63. The molecule has 0 aliphatic heterocycles. The average molecular weight is 331 g/mol. The molecule has 0 heterocycles. The van der Waals surface area contributed by atoms with Crippen LogP contribution in [0.2, 0.25) is 0 Å². The molecule has 0 unspecified atom stereocenters. The third kappa shape index (κ3) is 4.21. The molecular weight excluding hydrogens is 306 g/mol. The predicted molar refractivity (Wildman–Crippen MR) is 107 cm³/mol. The molecule has 0 aliphatic rings. The number of anilines is 2. The second kappa shape index (κ2) is 7.43. The van der Waals surface area contributed by atoms with Crippen LogP contribution in [-0.2, 0) is 0 Å². The molecule has 0 saturated heterocycles. The first-order valence-corrected chi connectivity index (χ1v) is 8.70. The van der Waals surface area contributed by atoms with E-state index in [1.807, 2.05) is 26.0 Å². The Morgan fingerprint density at radius 2 is 1.12 bits per heavy atom. The number of ether oxygens (including phenoxy) is 1. The molecule has 0 fully saturated rings. The molecule has 0 amide bonds. The Labute approximate surface area is 150 Å². The van der Waals surface area contributed by atoms with E-state index in [9.17, 15) is 0 Å². The number of rotatable bonds is 5. The van der Waals surface area contributed by atoms with Gasteiger partial charge in [0.2, 0.25) is 0 Å². The summed E-state index contributed by atoms with van der Waals surface area (Å²) in [6.45, 7) is 6.19. The summed E-state index contributed by atoms with van der Waals surface area (Å²) in [7, 11) is 2.08. The van der Waals surface area contributed by atoms with Crippen molar-refractivity contribution in [3.8, 4) is 16.9 Å². The highest BCUT2D eigenvalue weighted by Gasteiger charge is 2.06. The zero-order valence-electron chi connectivity index (χ0n) is 15.4. The van der Waals surface area contributed by atoms with Crippen LogP contribution in [0.15, 0.2) is 72.8 Å². The monoisotopic (exact) mass is 331 g/mol. The van der Waals surface area contributed by atoms with Gasteiger partial charge in [0.1, 0.15) is 5.75 Å². The maximum absolute atomic E-state index is 5.71. The van der Waals surface area contributed by atoms with Gasteiger partial charge in [0.15, 0.2) is 0 Å². The first kappa shape index (κ1) is 17.1. The third-order valence-electron chi connectivity index (χ3n) is 4.24. The van der Waals surface area contributed by atoms with Crippen LogP contribution < -0.4 is 9.64 Å². The van der Waals surface area contributed by atoms with Gasteiger partial charge in [0.05, 0.1) is 6.10 Å². The number of aryl methyl sites for hydroxylation is 1. The fraction of sp³-hybridized carbons (Fsp3) is 0.217. The number of benzene rings is 3. The second-order valence-electron chi connectivity index (χ2n) is 6.63. The van der Waals surface area contributed by atoms with Gasteiger partial charge < -0.3 is 9.64 Å². The summed E-state index contributed by atoms with van der Waals surface area (Å²) in [4.78, 5) is 2.18. The molecule has 0 spiro atoms. The summed E-state index contributed by atoms with van der Waals surface area (Å²) in [6.07, 6.45) is 0.192. The maximum Gasteiger partial charge on any atom is 0.119 e. The van der Waals surface area contributed by atoms with Crippen molar-refractivity contribution < 1.29 is 4.74 Å². The van der Waals surface area contributed by atoms with Gasteiger partial charge in [-0.3, -0.25) is 0 Å². The van der Waals surface area contributed by atoms with Gasteiger partial charge >= 0.3 is 0 Å². The van der Waals surface area contributed by atoms with Crippen LogP contribution in [0.4, 0.5) is 11.4 Å². The number of nitrogens with zero attached hydrogens (tertiary/aromatic N) is 1. The largest absolute Gasteiger partial charge is 0.491 e. The van der Waals surface area contributed by atoms with Crippen LogP contribution in [-0.4, -0.2) is 13.2 Å². The lowest BCUT2D eigenvalue weighted by atomic mass is 10.0. The number of hydrogen-bond acceptors (Lipinski definition) is 2. The van der Waals surface area contributed by atoms with Gasteiger partial charge in [-0.1, -0.05) is 42.0 Å². The summed E-state index contributed by atoms with van der Waals surface area (Å²) < 4.78 is 5.71. The lowest BCUT2D eigenvalue weighted by Crippen LogP contribution is -2.09. The first-order chi connectivity index (χ1) is 12.0. The van der Waals surface area contributed by atoms with Crippen LogP contribution in [0.25, 0.3) is 11.1 Å². The summed E-state index contributed by atoms with van der Waals surface area (Å²) in [5.74, 6) is 0.905. The zero-order chi connectivity index (χ0) is 17.8. The van der Waals surface area contributed by atoms with Gasteiger partial charge in [-0.2, -0.15) is 0 Å². The fourth-order valence-corrected chi connectivity index (χ4v) is 2.79. The maximum atomic E-state index is 5.71. The van der Waals surface area contributed by atoms with Crippen LogP contribution in [0.1, 0.15) is 19.4 Å². The lowest BCUT2D eigenvalue weighted by Gasteiger charge is -2.20. The van der Waals surface area contributed by atoms with Crippen LogP contribution in [0.3, 0.4) is 0 Å². The highest BCUT2D eigenvalue weighted by atomic mass is 16.5. The van der Waals surface area contributed by atoms with E-state index in [2.05, 4.69) is 79.5 Å². The molecule has 3 aromatic carbocycles. The quantitative estimate of drug-likeness (QED) is 0.550. The Balaban J connectivity index is 1.76. The Kier molecular flexibility index (Phi) is 5.08. The van der Waals surface area contributed by atoms with Gasteiger partial charge in [0.25, 0.3) is 0 Å². The van der Waals surface area contributed by atoms with E-state index in [0.717, 1.165) is 17.1 Å².